The molecule has 1 unspecified atom stereocenters. The predicted molar refractivity (Wildman–Crippen MR) is 40.1 cm³/mol. The summed E-state index contributed by atoms with van der Waals surface area (Å²) in [4.78, 5) is 10.3. The summed E-state index contributed by atoms with van der Waals surface area (Å²) in [5.74, 6) is -1.05. The summed E-state index contributed by atoms with van der Waals surface area (Å²) >= 11 is 0. The molecule has 0 spiro atoms. The maximum Gasteiger partial charge on any atom is 0.161 e. The molecule has 0 aromatic heterocycles. The fourth-order valence-corrected chi connectivity index (χ4v) is 0.840. The number of aliphatic hydroxyl groups is 2. The van der Waals surface area contributed by atoms with Crippen molar-refractivity contribution in [1.29, 1.82) is 0 Å². The van der Waals surface area contributed by atoms with E-state index in [-0.39, 0.29) is 17.1 Å². The Kier molecular flexibility index (Phi) is 1.81. The smallest absolute Gasteiger partial charge is 0.161 e. The number of carbonyl (C=O) groups is 1. The van der Waals surface area contributed by atoms with Gasteiger partial charge in [-0.05, 0) is 6.08 Å². The molecule has 3 nitrogen and oxygen atoms in total. The molecule has 0 saturated carbocycles. The van der Waals surface area contributed by atoms with E-state index >= 15 is 0 Å². The first-order valence-electron chi connectivity index (χ1n) is 3.11. The highest BCUT2D eigenvalue weighted by atomic mass is 16.3. The highest BCUT2D eigenvalue weighted by molar-refractivity contribution is 5.66. The molecule has 0 bridgehead atoms. The minimum atomic E-state index is -0.508. The van der Waals surface area contributed by atoms with Crippen LogP contribution in [-0.2, 0) is 4.79 Å². The van der Waals surface area contributed by atoms with Crippen molar-refractivity contribution < 1.29 is 15.0 Å². The monoisotopic (exact) mass is 152 g/mol. The quantitative estimate of drug-likeness (QED) is 0.556. The Morgan fingerprint density at radius 1 is 1.55 bits per heavy atom. The van der Waals surface area contributed by atoms with Gasteiger partial charge in [0, 0.05) is 5.57 Å². The molecular weight excluding hydrogens is 144 g/mol. The molecule has 0 aromatic rings. The molecule has 1 rings (SSSR count). The molecule has 0 fully saturated rings. The van der Waals surface area contributed by atoms with Gasteiger partial charge in [-0.2, -0.15) is 0 Å². The minimum absolute atomic E-state index is 0.236. The number of aliphatic hydroxyl groups excluding tert-OH is 2. The van der Waals surface area contributed by atoms with Crippen LogP contribution in [0, 0.1) is 5.92 Å². The summed E-state index contributed by atoms with van der Waals surface area (Å²) in [6, 6.07) is 0. The summed E-state index contributed by atoms with van der Waals surface area (Å²) < 4.78 is 0. The van der Waals surface area contributed by atoms with E-state index in [1.807, 2.05) is 0 Å². The average molecular weight is 152 g/mol. The van der Waals surface area contributed by atoms with Crippen LogP contribution in [0.1, 0.15) is 0 Å². The Balaban J connectivity index is 3.00. The first-order valence-corrected chi connectivity index (χ1v) is 3.11. The molecule has 1 aliphatic rings. The van der Waals surface area contributed by atoms with Gasteiger partial charge in [0.05, 0.1) is 5.92 Å². The lowest BCUT2D eigenvalue weighted by molar-refractivity contribution is -0.109. The third-order valence-electron chi connectivity index (χ3n) is 1.56. The average Bonchev–Trinajstić information content (AvgIpc) is 2.01. The Bertz CT molecular complexity index is 261. The van der Waals surface area contributed by atoms with Crippen LogP contribution in [0.2, 0.25) is 0 Å². The third kappa shape index (κ3) is 1.17. The van der Waals surface area contributed by atoms with Gasteiger partial charge in [-0.15, -0.1) is 0 Å². The van der Waals surface area contributed by atoms with Crippen molar-refractivity contribution in [2.45, 2.75) is 0 Å². The molecule has 3 heteroatoms. The van der Waals surface area contributed by atoms with Gasteiger partial charge in [-0.25, -0.2) is 0 Å². The summed E-state index contributed by atoms with van der Waals surface area (Å²) in [6.07, 6.45) is 3.41. The van der Waals surface area contributed by atoms with Gasteiger partial charge in [0.25, 0.3) is 0 Å². The van der Waals surface area contributed by atoms with Crippen molar-refractivity contribution in [2.75, 3.05) is 0 Å². The Morgan fingerprint density at radius 2 is 2.18 bits per heavy atom. The van der Waals surface area contributed by atoms with Crippen molar-refractivity contribution in [3.8, 4) is 0 Å². The summed E-state index contributed by atoms with van der Waals surface area (Å²) in [6.45, 7) is 3.45. The second-order valence-corrected chi connectivity index (χ2v) is 2.28. The molecule has 11 heavy (non-hydrogen) atoms. The lowest BCUT2D eigenvalue weighted by atomic mass is 9.95. The van der Waals surface area contributed by atoms with E-state index in [1.54, 1.807) is 0 Å². The van der Waals surface area contributed by atoms with Gasteiger partial charge < -0.3 is 15.0 Å². The van der Waals surface area contributed by atoms with Crippen LogP contribution in [0.5, 0.6) is 0 Å². The Hall–Kier alpha value is -1.51. The summed E-state index contributed by atoms with van der Waals surface area (Å²) in [7, 11) is 0. The number of aldehydes is 1. The topological polar surface area (TPSA) is 57.5 Å². The van der Waals surface area contributed by atoms with Gasteiger partial charge in [-0.3, -0.25) is 0 Å². The second kappa shape index (κ2) is 2.62. The zero-order valence-corrected chi connectivity index (χ0v) is 5.82. The standard InChI is InChI=1S/C8H8O3/c1-5-6(4-9)2-3-7(10)8(5)11/h2-4,6,10-11H,1H2. The summed E-state index contributed by atoms with van der Waals surface area (Å²) in [5, 5.41) is 18.0. The van der Waals surface area contributed by atoms with E-state index < -0.39 is 5.92 Å². The maximum absolute atomic E-state index is 10.3. The number of hydrogen-bond donors (Lipinski definition) is 2. The SMILES string of the molecule is C=C1C(O)=C(O)C=CC1C=O. The van der Waals surface area contributed by atoms with E-state index in [4.69, 9.17) is 10.2 Å². The van der Waals surface area contributed by atoms with Gasteiger partial charge in [0.1, 0.15) is 6.29 Å². The van der Waals surface area contributed by atoms with Crippen LogP contribution in [0.15, 0.2) is 35.8 Å². The number of allylic oxidation sites excluding steroid dienone is 3. The van der Waals surface area contributed by atoms with Gasteiger partial charge >= 0.3 is 0 Å². The first-order chi connectivity index (χ1) is 5.16. The molecule has 2 N–H and O–H groups in total. The van der Waals surface area contributed by atoms with Crippen LogP contribution in [-0.4, -0.2) is 16.5 Å². The Labute approximate surface area is 64.0 Å². The highest BCUT2D eigenvalue weighted by Gasteiger charge is 2.18. The molecule has 1 atom stereocenters. The number of rotatable bonds is 1. The van der Waals surface area contributed by atoms with Gasteiger partial charge in [0.15, 0.2) is 11.5 Å². The molecule has 1 aliphatic carbocycles. The molecule has 0 aliphatic heterocycles. The molecule has 0 saturated heterocycles. The van der Waals surface area contributed by atoms with E-state index in [0.29, 0.717) is 6.29 Å². The van der Waals surface area contributed by atoms with Crippen molar-refractivity contribution in [1.82, 2.24) is 0 Å². The van der Waals surface area contributed by atoms with Crippen molar-refractivity contribution >= 4 is 6.29 Å². The predicted octanol–water partition coefficient (Wildman–Crippen LogP) is 1.26. The zero-order valence-electron chi connectivity index (χ0n) is 5.82. The zero-order chi connectivity index (χ0) is 8.43. The highest BCUT2D eigenvalue weighted by Crippen LogP contribution is 2.23. The van der Waals surface area contributed by atoms with Crippen LogP contribution in [0.25, 0.3) is 0 Å². The van der Waals surface area contributed by atoms with Crippen LogP contribution < -0.4 is 0 Å². The maximum atomic E-state index is 10.3. The minimum Gasteiger partial charge on any atom is -0.504 e. The van der Waals surface area contributed by atoms with Crippen molar-refractivity contribution in [2.24, 2.45) is 5.92 Å². The molecular formula is C8H8O3. The largest absolute Gasteiger partial charge is 0.504 e. The number of carbonyl (C=O) groups excluding carboxylic acids is 1. The van der Waals surface area contributed by atoms with Crippen LogP contribution >= 0.6 is 0 Å². The van der Waals surface area contributed by atoms with E-state index in [0.717, 1.165) is 0 Å². The van der Waals surface area contributed by atoms with E-state index in [2.05, 4.69) is 6.58 Å². The Morgan fingerprint density at radius 3 is 2.73 bits per heavy atom. The third-order valence-corrected chi connectivity index (χ3v) is 1.56. The normalized spacial score (nSPS) is 24.0. The lowest BCUT2D eigenvalue weighted by Gasteiger charge is -2.13. The second-order valence-electron chi connectivity index (χ2n) is 2.28. The molecule has 0 aromatic carbocycles. The lowest BCUT2D eigenvalue weighted by Crippen LogP contribution is -2.09. The molecule has 58 valence electrons. The molecule has 0 amide bonds. The fourth-order valence-electron chi connectivity index (χ4n) is 0.840. The molecule has 0 radical (unpaired) electrons. The van der Waals surface area contributed by atoms with Crippen molar-refractivity contribution in [3.05, 3.63) is 35.8 Å². The van der Waals surface area contributed by atoms with Crippen molar-refractivity contribution in [3.63, 3.8) is 0 Å². The van der Waals surface area contributed by atoms with Gasteiger partial charge in [0.2, 0.25) is 0 Å². The van der Waals surface area contributed by atoms with E-state index in [1.165, 1.54) is 12.2 Å². The van der Waals surface area contributed by atoms with Gasteiger partial charge in [-0.1, -0.05) is 12.7 Å². The fraction of sp³-hybridized carbons (Fsp3) is 0.125. The first kappa shape index (κ1) is 7.60. The summed E-state index contributed by atoms with van der Waals surface area (Å²) in [5.41, 5.74) is 0.236. The number of hydrogen-bond acceptors (Lipinski definition) is 3. The van der Waals surface area contributed by atoms with E-state index in [9.17, 15) is 4.79 Å². The molecule has 0 heterocycles. The van der Waals surface area contributed by atoms with Crippen LogP contribution in [0.3, 0.4) is 0 Å². The van der Waals surface area contributed by atoms with Crippen LogP contribution in [0.4, 0.5) is 0 Å².